The fourth-order valence-corrected chi connectivity index (χ4v) is 4.48. The maximum atomic E-state index is 13.4. The van der Waals surface area contributed by atoms with Crippen LogP contribution in [0.4, 0.5) is 0 Å². The van der Waals surface area contributed by atoms with Crippen LogP contribution >= 0.6 is 11.3 Å². The Labute approximate surface area is 173 Å². The van der Waals surface area contributed by atoms with Crippen molar-refractivity contribution in [2.24, 2.45) is 0 Å². The molecule has 0 amide bonds. The van der Waals surface area contributed by atoms with Crippen molar-refractivity contribution >= 4 is 21.6 Å². The van der Waals surface area contributed by atoms with Crippen molar-refractivity contribution in [2.75, 3.05) is 0 Å². The summed E-state index contributed by atoms with van der Waals surface area (Å²) < 4.78 is 1.69. The van der Waals surface area contributed by atoms with Gasteiger partial charge in [-0.25, -0.2) is 4.98 Å². The molecule has 29 heavy (non-hydrogen) atoms. The highest BCUT2D eigenvalue weighted by molar-refractivity contribution is 7.17. The first-order chi connectivity index (χ1) is 14.0. The van der Waals surface area contributed by atoms with Gasteiger partial charge in [-0.1, -0.05) is 50.2 Å². The molecule has 4 rings (SSSR count). The lowest BCUT2D eigenvalue weighted by molar-refractivity contribution is 0.714. The molecule has 0 bridgehead atoms. The van der Waals surface area contributed by atoms with Crippen LogP contribution in [0.1, 0.15) is 42.3 Å². The lowest BCUT2D eigenvalue weighted by Gasteiger charge is -2.11. The topological polar surface area (TPSA) is 58.7 Å². The van der Waals surface area contributed by atoms with Gasteiger partial charge in [-0.2, -0.15) is 5.26 Å². The largest absolute Gasteiger partial charge is 0.292 e. The van der Waals surface area contributed by atoms with Crippen LogP contribution in [0.15, 0.2) is 58.7 Å². The zero-order valence-electron chi connectivity index (χ0n) is 16.6. The van der Waals surface area contributed by atoms with E-state index in [0.717, 1.165) is 21.5 Å². The van der Waals surface area contributed by atoms with Gasteiger partial charge in [0.05, 0.1) is 23.6 Å². The van der Waals surface area contributed by atoms with Crippen molar-refractivity contribution in [3.05, 3.63) is 86.8 Å². The molecule has 2 heterocycles. The summed E-state index contributed by atoms with van der Waals surface area (Å²) in [5.74, 6) is 1.14. The summed E-state index contributed by atoms with van der Waals surface area (Å²) >= 11 is 1.50. The molecule has 0 N–H and O–H groups in total. The molecule has 144 valence electrons. The van der Waals surface area contributed by atoms with Crippen LogP contribution in [0.25, 0.3) is 21.3 Å². The SMILES string of the molecule is Cc1nc2scc(-c3ccc(C(C)C)cc3)c2c(=O)n1Cc1cccc(C#N)c1. The number of aromatic nitrogens is 2. The van der Waals surface area contributed by atoms with Crippen molar-refractivity contribution in [3.63, 3.8) is 0 Å². The van der Waals surface area contributed by atoms with Crippen LogP contribution in [0.2, 0.25) is 0 Å². The third-order valence-electron chi connectivity index (χ3n) is 5.17. The minimum Gasteiger partial charge on any atom is -0.292 e. The zero-order valence-corrected chi connectivity index (χ0v) is 17.5. The normalized spacial score (nSPS) is 11.1. The quantitative estimate of drug-likeness (QED) is 0.457. The van der Waals surface area contributed by atoms with E-state index in [2.05, 4.69) is 49.2 Å². The molecule has 5 heteroatoms. The highest BCUT2D eigenvalue weighted by Gasteiger charge is 2.16. The smallest absolute Gasteiger partial charge is 0.263 e. The Morgan fingerprint density at radius 2 is 1.93 bits per heavy atom. The molecular weight excluding hydrogens is 378 g/mol. The van der Waals surface area contributed by atoms with Crippen molar-refractivity contribution in [3.8, 4) is 17.2 Å². The van der Waals surface area contributed by atoms with Gasteiger partial charge in [0.1, 0.15) is 10.7 Å². The molecule has 0 atom stereocenters. The summed E-state index contributed by atoms with van der Waals surface area (Å²) in [7, 11) is 0. The molecule has 0 aliphatic carbocycles. The molecule has 0 fully saturated rings. The predicted octanol–water partition coefficient (Wildman–Crippen LogP) is 5.48. The van der Waals surface area contributed by atoms with E-state index in [1.807, 2.05) is 30.5 Å². The zero-order chi connectivity index (χ0) is 20.5. The Kier molecular flexibility index (Phi) is 5.04. The molecule has 2 aromatic carbocycles. The van der Waals surface area contributed by atoms with Crippen LogP contribution in [-0.4, -0.2) is 9.55 Å². The van der Waals surface area contributed by atoms with E-state index in [1.54, 1.807) is 10.6 Å². The molecule has 0 aliphatic heterocycles. The van der Waals surface area contributed by atoms with Gasteiger partial charge in [0.25, 0.3) is 5.56 Å². The Bertz CT molecular complexity index is 1290. The Morgan fingerprint density at radius 3 is 2.62 bits per heavy atom. The van der Waals surface area contributed by atoms with Gasteiger partial charge in [0, 0.05) is 10.9 Å². The second-order valence-corrected chi connectivity index (χ2v) is 8.33. The van der Waals surface area contributed by atoms with Gasteiger partial charge in [-0.3, -0.25) is 9.36 Å². The molecule has 0 aliphatic rings. The van der Waals surface area contributed by atoms with E-state index in [0.29, 0.717) is 29.2 Å². The minimum atomic E-state index is -0.0425. The molecule has 0 saturated heterocycles. The van der Waals surface area contributed by atoms with Crippen LogP contribution in [0.3, 0.4) is 0 Å². The van der Waals surface area contributed by atoms with E-state index < -0.39 is 0 Å². The third-order valence-corrected chi connectivity index (χ3v) is 6.04. The monoisotopic (exact) mass is 399 g/mol. The second kappa shape index (κ2) is 7.65. The molecule has 2 aromatic heterocycles. The Balaban J connectivity index is 1.82. The molecule has 0 saturated carbocycles. The summed E-state index contributed by atoms with van der Waals surface area (Å²) in [5, 5.41) is 11.8. The number of hydrogen-bond donors (Lipinski definition) is 0. The first-order valence-electron chi connectivity index (χ1n) is 9.56. The number of nitriles is 1. The first-order valence-corrected chi connectivity index (χ1v) is 10.4. The van der Waals surface area contributed by atoms with Gasteiger partial charge in [-0.15, -0.1) is 11.3 Å². The van der Waals surface area contributed by atoms with E-state index in [4.69, 9.17) is 5.26 Å². The average Bonchev–Trinajstić information content (AvgIpc) is 3.15. The van der Waals surface area contributed by atoms with E-state index >= 15 is 0 Å². The van der Waals surface area contributed by atoms with Crippen LogP contribution < -0.4 is 5.56 Å². The first kappa shape index (κ1) is 19.1. The molecule has 4 nitrogen and oxygen atoms in total. The van der Waals surface area contributed by atoms with Crippen LogP contribution in [0.5, 0.6) is 0 Å². The van der Waals surface area contributed by atoms with Crippen molar-refractivity contribution in [1.29, 1.82) is 5.26 Å². The number of rotatable bonds is 4. The number of fused-ring (bicyclic) bond motifs is 1. The molecule has 0 spiro atoms. The van der Waals surface area contributed by atoms with Crippen LogP contribution in [-0.2, 0) is 6.54 Å². The number of aryl methyl sites for hydroxylation is 1. The Hall–Kier alpha value is -3.23. The maximum absolute atomic E-state index is 13.4. The maximum Gasteiger partial charge on any atom is 0.263 e. The fourth-order valence-electron chi connectivity index (χ4n) is 3.49. The summed E-state index contributed by atoms with van der Waals surface area (Å²) in [6.07, 6.45) is 0. The van der Waals surface area contributed by atoms with Crippen molar-refractivity contribution in [2.45, 2.75) is 33.2 Å². The second-order valence-electron chi connectivity index (χ2n) is 7.47. The van der Waals surface area contributed by atoms with Crippen LogP contribution in [0, 0.1) is 18.3 Å². The van der Waals surface area contributed by atoms with Gasteiger partial charge >= 0.3 is 0 Å². The highest BCUT2D eigenvalue weighted by Crippen LogP contribution is 2.32. The van der Waals surface area contributed by atoms with Gasteiger partial charge in [-0.05, 0) is 41.7 Å². The summed E-state index contributed by atoms with van der Waals surface area (Å²) in [5.41, 5.74) is 4.69. The molecule has 4 aromatic rings. The average molecular weight is 400 g/mol. The number of benzene rings is 2. The Morgan fingerprint density at radius 1 is 1.17 bits per heavy atom. The van der Waals surface area contributed by atoms with E-state index in [-0.39, 0.29) is 5.56 Å². The van der Waals surface area contributed by atoms with Gasteiger partial charge in [0.2, 0.25) is 0 Å². The highest BCUT2D eigenvalue weighted by atomic mass is 32.1. The van der Waals surface area contributed by atoms with Crippen molar-refractivity contribution in [1.82, 2.24) is 9.55 Å². The van der Waals surface area contributed by atoms with E-state index in [1.165, 1.54) is 16.9 Å². The predicted molar refractivity (Wildman–Crippen MR) is 118 cm³/mol. The van der Waals surface area contributed by atoms with Gasteiger partial charge < -0.3 is 0 Å². The number of thiophene rings is 1. The number of hydrogen-bond acceptors (Lipinski definition) is 4. The third kappa shape index (κ3) is 3.59. The minimum absolute atomic E-state index is 0.0425. The lowest BCUT2D eigenvalue weighted by atomic mass is 9.99. The molecular formula is C24H21N3OS. The summed E-state index contributed by atoms with van der Waals surface area (Å²) in [6, 6.07) is 17.9. The standard InChI is InChI=1S/C24H21N3OS/c1-15(2)19-7-9-20(10-8-19)21-14-29-23-22(21)24(28)27(16(3)26-23)13-18-6-4-5-17(11-18)12-25/h4-11,14-15H,13H2,1-3H3. The number of nitrogens with zero attached hydrogens (tertiary/aromatic N) is 3. The molecule has 0 radical (unpaired) electrons. The summed E-state index contributed by atoms with van der Waals surface area (Å²) in [4.78, 5) is 18.8. The van der Waals surface area contributed by atoms with E-state index in [9.17, 15) is 4.79 Å². The van der Waals surface area contributed by atoms with Crippen molar-refractivity contribution < 1.29 is 0 Å². The van der Waals surface area contributed by atoms with Gasteiger partial charge in [0.15, 0.2) is 0 Å². The molecule has 0 unspecified atom stereocenters. The summed E-state index contributed by atoms with van der Waals surface area (Å²) in [6.45, 7) is 6.58. The lowest BCUT2D eigenvalue weighted by Crippen LogP contribution is -2.24. The fraction of sp³-hybridized carbons (Fsp3) is 0.208.